The van der Waals surface area contributed by atoms with Crippen LogP contribution >= 0.6 is 11.6 Å². The van der Waals surface area contributed by atoms with E-state index < -0.39 is 0 Å². The first-order chi connectivity index (χ1) is 10.1. The second kappa shape index (κ2) is 5.44. The number of oxazole rings is 1. The Balaban J connectivity index is 1.85. The van der Waals surface area contributed by atoms with E-state index in [0.717, 1.165) is 5.76 Å². The van der Waals surface area contributed by atoms with Crippen molar-refractivity contribution in [3.8, 4) is 5.95 Å². The van der Waals surface area contributed by atoms with Crippen molar-refractivity contribution in [2.24, 2.45) is 0 Å². The maximum atomic E-state index is 5.90. The van der Waals surface area contributed by atoms with E-state index in [1.54, 1.807) is 6.20 Å². The first-order valence-corrected chi connectivity index (χ1v) is 6.45. The molecule has 21 heavy (non-hydrogen) atoms. The highest BCUT2D eigenvalue weighted by Gasteiger charge is 2.14. The standard InChI is InChI=1S/C11H11ClN8O/c1-6-3-14-8(21-6)7(2)16-10-17-9(12)18-11(19-10)20-5-13-4-15-20/h3-5,7H,1-2H3,(H,16,17,18,19). The topological polar surface area (TPSA) is 107 Å². The summed E-state index contributed by atoms with van der Waals surface area (Å²) in [6.07, 6.45) is 4.49. The van der Waals surface area contributed by atoms with E-state index >= 15 is 0 Å². The first-order valence-electron chi connectivity index (χ1n) is 6.07. The zero-order valence-corrected chi connectivity index (χ0v) is 12.0. The molecule has 0 aliphatic carbocycles. The average Bonchev–Trinajstić information content (AvgIpc) is 3.08. The van der Waals surface area contributed by atoms with Crippen LogP contribution in [0.15, 0.2) is 23.3 Å². The zero-order valence-electron chi connectivity index (χ0n) is 11.2. The molecule has 0 spiro atoms. The molecule has 1 atom stereocenters. The Morgan fingerprint density at radius 3 is 2.86 bits per heavy atom. The van der Waals surface area contributed by atoms with Gasteiger partial charge in [-0.25, -0.2) is 9.97 Å². The number of hydrogen-bond acceptors (Lipinski definition) is 8. The Kier molecular flexibility index (Phi) is 3.48. The fourth-order valence-corrected chi connectivity index (χ4v) is 1.80. The van der Waals surface area contributed by atoms with Crippen molar-refractivity contribution in [1.29, 1.82) is 0 Å². The predicted molar refractivity (Wildman–Crippen MR) is 73.0 cm³/mol. The monoisotopic (exact) mass is 306 g/mol. The maximum Gasteiger partial charge on any atom is 0.258 e. The molecule has 3 heterocycles. The van der Waals surface area contributed by atoms with Crippen molar-refractivity contribution in [2.45, 2.75) is 19.9 Å². The van der Waals surface area contributed by atoms with Crippen molar-refractivity contribution >= 4 is 17.5 Å². The first kappa shape index (κ1) is 13.4. The average molecular weight is 307 g/mol. The van der Waals surface area contributed by atoms with Crippen molar-refractivity contribution in [3.05, 3.63) is 35.8 Å². The van der Waals surface area contributed by atoms with Gasteiger partial charge in [0.05, 0.1) is 6.20 Å². The molecule has 10 heteroatoms. The molecule has 0 aliphatic rings. The van der Waals surface area contributed by atoms with Crippen molar-refractivity contribution in [2.75, 3.05) is 5.32 Å². The molecule has 0 saturated heterocycles. The summed E-state index contributed by atoms with van der Waals surface area (Å²) in [5.41, 5.74) is 0. The number of nitrogens with one attached hydrogen (secondary N) is 1. The molecular weight excluding hydrogens is 296 g/mol. The smallest absolute Gasteiger partial charge is 0.258 e. The lowest BCUT2D eigenvalue weighted by Crippen LogP contribution is -2.12. The number of anilines is 1. The molecule has 3 aromatic heterocycles. The van der Waals surface area contributed by atoms with Crippen LogP contribution in [0.1, 0.15) is 24.6 Å². The number of hydrogen-bond donors (Lipinski definition) is 1. The van der Waals surface area contributed by atoms with E-state index in [1.165, 1.54) is 17.3 Å². The SMILES string of the molecule is Cc1cnc(C(C)Nc2nc(Cl)nc(-n3cncn3)n2)o1. The summed E-state index contributed by atoms with van der Waals surface area (Å²) in [6, 6.07) is -0.222. The molecule has 0 radical (unpaired) electrons. The lowest BCUT2D eigenvalue weighted by Gasteiger charge is -2.10. The lowest BCUT2D eigenvalue weighted by molar-refractivity contribution is 0.453. The summed E-state index contributed by atoms with van der Waals surface area (Å²) >= 11 is 5.90. The molecule has 0 bridgehead atoms. The van der Waals surface area contributed by atoms with Gasteiger partial charge in [0.25, 0.3) is 5.95 Å². The van der Waals surface area contributed by atoms with Crippen LogP contribution in [-0.2, 0) is 0 Å². The molecule has 0 aliphatic heterocycles. The lowest BCUT2D eigenvalue weighted by atomic mass is 10.3. The summed E-state index contributed by atoms with van der Waals surface area (Å²) in [7, 11) is 0. The van der Waals surface area contributed by atoms with E-state index in [4.69, 9.17) is 16.0 Å². The molecule has 0 fully saturated rings. The summed E-state index contributed by atoms with van der Waals surface area (Å²) in [4.78, 5) is 20.2. The van der Waals surface area contributed by atoms with Gasteiger partial charge in [0.15, 0.2) is 0 Å². The Morgan fingerprint density at radius 2 is 2.19 bits per heavy atom. The molecule has 1 unspecified atom stereocenters. The highest BCUT2D eigenvalue weighted by atomic mass is 35.5. The van der Waals surface area contributed by atoms with E-state index in [-0.39, 0.29) is 17.3 Å². The van der Waals surface area contributed by atoms with E-state index in [9.17, 15) is 0 Å². The highest BCUT2D eigenvalue weighted by Crippen LogP contribution is 2.17. The van der Waals surface area contributed by atoms with E-state index in [2.05, 4.69) is 35.3 Å². The third-order valence-electron chi connectivity index (χ3n) is 2.58. The summed E-state index contributed by atoms with van der Waals surface area (Å²) in [6.45, 7) is 3.70. The second-order valence-electron chi connectivity index (χ2n) is 4.24. The van der Waals surface area contributed by atoms with Crippen LogP contribution in [0.5, 0.6) is 0 Å². The Hall–Kier alpha value is -2.55. The van der Waals surface area contributed by atoms with Crippen LogP contribution in [0, 0.1) is 6.92 Å². The molecule has 9 nitrogen and oxygen atoms in total. The van der Waals surface area contributed by atoms with Gasteiger partial charge in [-0.3, -0.25) is 0 Å². The number of rotatable bonds is 4. The summed E-state index contributed by atoms with van der Waals surface area (Å²) in [5.74, 6) is 1.83. The number of nitrogens with zero attached hydrogens (tertiary/aromatic N) is 7. The minimum Gasteiger partial charge on any atom is -0.444 e. The van der Waals surface area contributed by atoms with Gasteiger partial charge in [0, 0.05) is 0 Å². The third-order valence-corrected chi connectivity index (χ3v) is 2.74. The summed E-state index contributed by atoms with van der Waals surface area (Å²) < 4.78 is 6.83. The minimum absolute atomic E-state index is 0.0498. The van der Waals surface area contributed by atoms with Crippen LogP contribution in [0.3, 0.4) is 0 Å². The van der Waals surface area contributed by atoms with Crippen LogP contribution in [0.25, 0.3) is 5.95 Å². The van der Waals surface area contributed by atoms with Crippen LogP contribution in [0.2, 0.25) is 5.28 Å². The zero-order chi connectivity index (χ0) is 14.8. The van der Waals surface area contributed by atoms with Crippen LogP contribution < -0.4 is 5.32 Å². The van der Waals surface area contributed by atoms with Gasteiger partial charge in [0.1, 0.15) is 24.5 Å². The van der Waals surface area contributed by atoms with Crippen LogP contribution in [0.4, 0.5) is 5.95 Å². The normalized spacial score (nSPS) is 12.3. The molecular formula is C11H11ClN8O. The fraction of sp³-hybridized carbons (Fsp3) is 0.273. The van der Waals surface area contributed by atoms with Gasteiger partial charge in [-0.1, -0.05) is 0 Å². The molecule has 0 saturated carbocycles. The highest BCUT2D eigenvalue weighted by molar-refractivity contribution is 6.28. The second-order valence-corrected chi connectivity index (χ2v) is 4.58. The van der Waals surface area contributed by atoms with E-state index in [1.807, 2.05) is 13.8 Å². The van der Waals surface area contributed by atoms with Gasteiger partial charge in [-0.05, 0) is 25.4 Å². The molecule has 3 aromatic rings. The van der Waals surface area contributed by atoms with Gasteiger partial charge >= 0.3 is 0 Å². The third kappa shape index (κ3) is 2.97. The Morgan fingerprint density at radius 1 is 1.33 bits per heavy atom. The Labute approximate surface area is 124 Å². The quantitative estimate of drug-likeness (QED) is 0.774. The largest absolute Gasteiger partial charge is 0.444 e. The van der Waals surface area contributed by atoms with E-state index in [0.29, 0.717) is 11.8 Å². The molecule has 1 N–H and O–H groups in total. The molecule has 0 amide bonds. The van der Waals surface area contributed by atoms with Crippen molar-refractivity contribution in [1.82, 2.24) is 34.7 Å². The minimum atomic E-state index is -0.222. The van der Waals surface area contributed by atoms with Gasteiger partial charge in [0.2, 0.25) is 17.1 Å². The fourth-order valence-electron chi connectivity index (χ4n) is 1.65. The van der Waals surface area contributed by atoms with Crippen LogP contribution in [-0.4, -0.2) is 34.7 Å². The summed E-state index contributed by atoms with van der Waals surface area (Å²) in [5, 5.41) is 7.04. The Bertz CT molecular complexity index is 741. The van der Waals surface area contributed by atoms with Gasteiger partial charge in [-0.15, -0.1) is 0 Å². The predicted octanol–water partition coefficient (Wildman–Crippen LogP) is 1.58. The molecule has 0 aromatic carbocycles. The number of aryl methyl sites for hydroxylation is 1. The number of halogens is 1. The maximum absolute atomic E-state index is 5.90. The van der Waals surface area contributed by atoms with Gasteiger partial charge < -0.3 is 9.73 Å². The van der Waals surface area contributed by atoms with Crippen molar-refractivity contribution < 1.29 is 4.42 Å². The van der Waals surface area contributed by atoms with Gasteiger partial charge in [-0.2, -0.15) is 24.7 Å². The molecule has 108 valence electrons. The van der Waals surface area contributed by atoms with Crippen molar-refractivity contribution in [3.63, 3.8) is 0 Å². The molecule has 3 rings (SSSR count). The number of aromatic nitrogens is 7.